The van der Waals surface area contributed by atoms with Crippen molar-refractivity contribution >= 4 is 21.8 Å². The molecule has 0 radical (unpaired) electrons. The lowest BCUT2D eigenvalue weighted by molar-refractivity contribution is 0.399. The molecule has 0 saturated heterocycles. The van der Waals surface area contributed by atoms with Gasteiger partial charge in [-0.15, -0.1) is 0 Å². The highest BCUT2D eigenvalue weighted by molar-refractivity contribution is 6.10. The lowest BCUT2D eigenvalue weighted by atomic mass is 9.62. The molecule has 0 amide bonds. The summed E-state index contributed by atoms with van der Waals surface area (Å²) in [5.41, 5.74) is 11.3. The molecule has 0 bridgehead atoms. The Labute approximate surface area is 300 Å². The monoisotopic (exact) mass is 666 g/mol. The van der Waals surface area contributed by atoms with Crippen molar-refractivity contribution in [1.82, 2.24) is 9.55 Å². The minimum atomic E-state index is -0.698. The predicted octanol–water partition coefficient (Wildman–Crippen LogP) is 12.1. The van der Waals surface area contributed by atoms with Gasteiger partial charge < -0.3 is 14.0 Å². The lowest BCUT2D eigenvalue weighted by Gasteiger charge is -2.45. The predicted molar refractivity (Wildman–Crippen MR) is 208 cm³/mol. The third kappa shape index (κ3) is 4.06. The van der Waals surface area contributed by atoms with E-state index in [2.05, 4.69) is 155 Å². The Kier molecular flexibility index (Phi) is 6.13. The summed E-state index contributed by atoms with van der Waals surface area (Å²) in [6.45, 7) is 0. The van der Waals surface area contributed by atoms with Gasteiger partial charge in [0.25, 0.3) is 0 Å². The fourth-order valence-electron chi connectivity index (χ4n) is 8.54. The molecule has 4 heterocycles. The Hall–Kier alpha value is -6.91. The van der Waals surface area contributed by atoms with Crippen molar-refractivity contribution in [3.63, 3.8) is 0 Å². The fraction of sp³-hybridized carbons (Fsp3) is 0.0208. The molecule has 2 aromatic heterocycles. The summed E-state index contributed by atoms with van der Waals surface area (Å²) in [6, 6.07) is 62.2. The van der Waals surface area contributed by atoms with E-state index in [0.717, 1.165) is 73.3 Å². The molecule has 52 heavy (non-hydrogen) atoms. The number of aromatic nitrogens is 2. The first-order valence-corrected chi connectivity index (χ1v) is 17.6. The van der Waals surface area contributed by atoms with E-state index in [4.69, 9.17) is 9.47 Å². The fourth-order valence-corrected chi connectivity index (χ4v) is 8.54. The number of benzene rings is 7. The smallest absolute Gasteiger partial charge is 0.132 e. The zero-order chi connectivity index (χ0) is 34.2. The first-order chi connectivity index (χ1) is 25.8. The minimum absolute atomic E-state index is 0.698. The van der Waals surface area contributed by atoms with Crippen LogP contribution in [0, 0.1) is 0 Å². The number of hydrogen-bond donors (Lipinski definition) is 0. The molecule has 9 aromatic rings. The van der Waals surface area contributed by atoms with Crippen LogP contribution >= 0.6 is 0 Å². The zero-order valence-corrected chi connectivity index (χ0v) is 28.0. The van der Waals surface area contributed by atoms with E-state index in [1.165, 1.54) is 21.8 Å². The van der Waals surface area contributed by atoms with E-state index in [-0.39, 0.29) is 0 Å². The molecule has 0 saturated carbocycles. The zero-order valence-electron chi connectivity index (χ0n) is 28.0. The van der Waals surface area contributed by atoms with Crippen LogP contribution in [0.4, 0.5) is 0 Å². The normalized spacial score (nSPS) is 15.3. The van der Waals surface area contributed by atoms with Crippen molar-refractivity contribution in [3.8, 4) is 51.1 Å². The van der Waals surface area contributed by atoms with Crippen LogP contribution in [-0.4, -0.2) is 9.55 Å². The van der Waals surface area contributed by atoms with Crippen molar-refractivity contribution in [2.45, 2.75) is 5.41 Å². The van der Waals surface area contributed by atoms with Crippen LogP contribution in [-0.2, 0) is 5.41 Å². The molecule has 0 fully saturated rings. The molecule has 244 valence electrons. The third-order valence-corrected chi connectivity index (χ3v) is 10.8. The number of ether oxygens (including phenoxy) is 2. The summed E-state index contributed by atoms with van der Waals surface area (Å²) in [6.07, 6.45) is 1.83. The van der Waals surface area contributed by atoms with Gasteiger partial charge in [0, 0.05) is 50.5 Å². The maximum absolute atomic E-state index is 6.77. The van der Waals surface area contributed by atoms with Gasteiger partial charge in [-0.1, -0.05) is 109 Å². The third-order valence-electron chi connectivity index (χ3n) is 10.8. The summed E-state index contributed by atoms with van der Waals surface area (Å²) in [4.78, 5) is 4.65. The van der Waals surface area contributed by atoms with Gasteiger partial charge in [0.1, 0.15) is 23.0 Å². The molecule has 1 unspecified atom stereocenters. The molecular formula is C48H30N2O2. The van der Waals surface area contributed by atoms with Gasteiger partial charge in [-0.3, -0.25) is 4.98 Å². The summed E-state index contributed by atoms with van der Waals surface area (Å²) in [5, 5.41) is 2.47. The Bertz CT molecular complexity index is 2850. The summed E-state index contributed by atoms with van der Waals surface area (Å²) >= 11 is 0. The Morgan fingerprint density at radius 3 is 1.83 bits per heavy atom. The van der Waals surface area contributed by atoms with E-state index in [9.17, 15) is 0 Å². The molecule has 0 aliphatic carbocycles. The molecule has 1 spiro atoms. The van der Waals surface area contributed by atoms with Crippen molar-refractivity contribution in [3.05, 3.63) is 204 Å². The molecule has 4 nitrogen and oxygen atoms in total. The maximum Gasteiger partial charge on any atom is 0.132 e. The van der Waals surface area contributed by atoms with Crippen LogP contribution in [0.2, 0.25) is 0 Å². The molecule has 7 aromatic carbocycles. The topological polar surface area (TPSA) is 36.3 Å². The van der Waals surface area contributed by atoms with Crippen LogP contribution in [0.3, 0.4) is 0 Å². The number of hydrogen-bond acceptors (Lipinski definition) is 3. The van der Waals surface area contributed by atoms with Crippen LogP contribution in [0.1, 0.15) is 22.3 Å². The Morgan fingerprint density at radius 1 is 0.404 bits per heavy atom. The highest BCUT2D eigenvalue weighted by Crippen LogP contribution is 2.62. The molecule has 1 atom stereocenters. The van der Waals surface area contributed by atoms with E-state index in [1.807, 2.05) is 36.5 Å². The summed E-state index contributed by atoms with van der Waals surface area (Å²) < 4.78 is 15.9. The van der Waals surface area contributed by atoms with Crippen molar-refractivity contribution in [1.29, 1.82) is 0 Å². The quantitative estimate of drug-likeness (QED) is 0.188. The first-order valence-electron chi connectivity index (χ1n) is 17.6. The maximum atomic E-state index is 6.77. The average molecular weight is 667 g/mol. The second-order valence-corrected chi connectivity index (χ2v) is 13.5. The van der Waals surface area contributed by atoms with Crippen LogP contribution in [0.25, 0.3) is 49.9 Å². The van der Waals surface area contributed by atoms with Crippen molar-refractivity contribution in [2.75, 3.05) is 0 Å². The van der Waals surface area contributed by atoms with Gasteiger partial charge in [-0.2, -0.15) is 0 Å². The lowest BCUT2D eigenvalue weighted by Crippen LogP contribution is -2.36. The number of pyridine rings is 1. The van der Waals surface area contributed by atoms with Crippen LogP contribution in [0.15, 0.2) is 182 Å². The number of nitrogens with zero attached hydrogens (tertiary/aromatic N) is 2. The molecule has 2 aliphatic heterocycles. The van der Waals surface area contributed by atoms with E-state index in [0.29, 0.717) is 0 Å². The Balaban J connectivity index is 1.18. The standard InChI is InChI=1S/C48H30N2O2/c1-2-12-34(13-3-1)50-42-18-7-4-14-35(42)36-24-21-32(29-43(36)50)31-23-26-46-40(28-31)48(37-15-5-8-19-44(37)51-46)38-16-6-9-20-45(38)52-47-30-33(22-25-39(47)48)41-17-10-11-27-49-41/h1-30H. The number of rotatable bonds is 3. The average Bonchev–Trinajstić information content (AvgIpc) is 3.55. The summed E-state index contributed by atoms with van der Waals surface area (Å²) in [7, 11) is 0. The summed E-state index contributed by atoms with van der Waals surface area (Å²) in [5.74, 6) is 3.31. The van der Waals surface area contributed by atoms with Gasteiger partial charge in [0.2, 0.25) is 0 Å². The molecule has 4 heteroatoms. The van der Waals surface area contributed by atoms with E-state index >= 15 is 0 Å². The molecule has 0 N–H and O–H groups in total. The number of fused-ring (bicyclic) bond motifs is 11. The second kappa shape index (κ2) is 11.0. The van der Waals surface area contributed by atoms with Crippen molar-refractivity contribution in [2.24, 2.45) is 0 Å². The van der Waals surface area contributed by atoms with Gasteiger partial charge >= 0.3 is 0 Å². The SMILES string of the molecule is c1ccc(-n2c3ccccc3c3ccc(-c4ccc5c(c4)C4(c6ccccc6Oc6cc(-c7ccccn7)ccc64)c4ccccc4O5)cc32)cc1. The van der Waals surface area contributed by atoms with Gasteiger partial charge in [0.05, 0.1) is 22.1 Å². The van der Waals surface area contributed by atoms with Crippen LogP contribution < -0.4 is 9.47 Å². The van der Waals surface area contributed by atoms with Gasteiger partial charge in [-0.05, 0) is 77.9 Å². The van der Waals surface area contributed by atoms with E-state index < -0.39 is 5.41 Å². The van der Waals surface area contributed by atoms with Gasteiger partial charge in [0.15, 0.2) is 0 Å². The van der Waals surface area contributed by atoms with Crippen molar-refractivity contribution < 1.29 is 9.47 Å². The molecule has 11 rings (SSSR count). The van der Waals surface area contributed by atoms with Crippen LogP contribution in [0.5, 0.6) is 23.0 Å². The molecule has 2 aliphatic rings. The highest BCUT2D eigenvalue weighted by Gasteiger charge is 2.50. The van der Waals surface area contributed by atoms with E-state index in [1.54, 1.807) is 0 Å². The number of para-hydroxylation sites is 4. The highest BCUT2D eigenvalue weighted by atomic mass is 16.5. The molecular weight excluding hydrogens is 637 g/mol. The Morgan fingerprint density at radius 2 is 1.02 bits per heavy atom. The largest absolute Gasteiger partial charge is 0.457 e. The first kappa shape index (κ1) is 28.9. The van der Waals surface area contributed by atoms with Gasteiger partial charge in [-0.25, -0.2) is 0 Å². The minimum Gasteiger partial charge on any atom is -0.457 e. The second-order valence-electron chi connectivity index (χ2n) is 13.5.